The Morgan fingerprint density at radius 1 is 1.32 bits per heavy atom. The zero-order chi connectivity index (χ0) is 13.7. The number of carbonyl (C=O) groups is 1. The van der Waals surface area contributed by atoms with Crippen molar-refractivity contribution in [3.05, 3.63) is 10.8 Å². The van der Waals surface area contributed by atoms with Crippen molar-refractivity contribution >= 4 is 33.5 Å². The van der Waals surface area contributed by atoms with Crippen LogP contribution in [0.4, 0.5) is 11.6 Å². The summed E-state index contributed by atoms with van der Waals surface area (Å²) < 4.78 is 0.756. The highest BCUT2D eigenvalue weighted by molar-refractivity contribution is 9.10. The Morgan fingerprint density at radius 3 is 2.58 bits per heavy atom. The number of anilines is 2. The highest BCUT2D eigenvalue weighted by atomic mass is 79.9. The van der Waals surface area contributed by atoms with Gasteiger partial charge in [-0.3, -0.25) is 4.79 Å². The Bertz CT molecular complexity index is 448. The average molecular weight is 328 g/mol. The predicted octanol–water partition coefficient (Wildman–Crippen LogP) is 1.71. The first kappa shape index (κ1) is 14.0. The van der Waals surface area contributed by atoms with E-state index in [9.17, 15) is 4.79 Å². The summed E-state index contributed by atoms with van der Waals surface area (Å²) in [4.78, 5) is 22.1. The standard InChI is InChI=1S/C12H18BrN5O/c1-2-14-11-10(13)12(17-8-16-11)15-7-9(19)18-5-3-4-6-18/h8H,2-7H2,1H3,(H2,14,15,16,17). The number of nitrogens with one attached hydrogen (secondary N) is 2. The Hall–Kier alpha value is -1.37. The van der Waals surface area contributed by atoms with Gasteiger partial charge in [0.15, 0.2) is 0 Å². The third-order valence-electron chi connectivity index (χ3n) is 3.00. The summed E-state index contributed by atoms with van der Waals surface area (Å²) >= 11 is 3.44. The summed E-state index contributed by atoms with van der Waals surface area (Å²) in [6.45, 7) is 4.78. The number of likely N-dealkylation sites (tertiary alicyclic amines) is 1. The molecule has 2 heterocycles. The van der Waals surface area contributed by atoms with E-state index >= 15 is 0 Å². The van der Waals surface area contributed by atoms with E-state index < -0.39 is 0 Å². The zero-order valence-corrected chi connectivity index (χ0v) is 12.5. The molecule has 0 unspecified atom stereocenters. The van der Waals surface area contributed by atoms with Crippen molar-refractivity contribution in [2.45, 2.75) is 19.8 Å². The second-order valence-electron chi connectivity index (χ2n) is 4.36. The van der Waals surface area contributed by atoms with Crippen molar-refractivity contribution in [3.63, 3.8) is 0 Å². The third kappa shape index (κ3) is 3.56. The molecule has 1 aromatic heterocycles. The van der Waals surface area contributed by atoms with Gasteiger partial charge in [-0.2, -0.15) is 0 Å². The number of carbonyl (C=O) groups excluding carboxylic acids is 1. The van der Waals surface area contributed by atoms with Crippen molar-refractivity contribution in [2.75, 3.05) is 36.8 Å². The van der Waals surface area contributed by atoms with E-state index in [1.54, 1.807) is 0 Å². The first-order valence-corrected chi connectivity index (χ1v) is 7.27. The topological polar surface area (TPSA) is 70.1 Å². The van der Waals surface area contributed by atoms with Crippen LogP contribution < -0.4 is 10.6 Å². The number of nitrogens with zero attached hydrogens (tertiary/aromatic N) is 3. The second kappa shape index (κ2) is 6.70. The van der Waals surface area contributed by atoms with E-state index in [0.29, 0.717) is 5.82 Å². The van der Waals surface area contributed by atoms with Crippen molar-refractivity contribution in [2.24, 2.45) is 0 Å². The molecule has 2 N–H and O–H groups in total. The third-order valence-corrected chi connectivity index (χ3v) is 3.75. The molecule has 2 rings (SSSR count). The highest BCUT2D eigenvalue weighted by Gasteiger charge is 2.18. The molecule has 0 saturated carbocycles. The zero-order valence-electron chi connectivity index (χ0n) is 10.9. The van der Waals surface area contributed by atoms with Crippen LogP contribution in [-0.2, 0) is 4.79 Å². The Labute approximate surface area is 121 Å². The van der Waals surface area contributed by atoms with Crippen LogP contribution in [0.15, 0.2) is 10.8 Å². The van der Waals surface area contributed by atoms with E-state index in [1.165, 1.54) is 6.33 Å². The molecule has 1 saturated heterocycles. The second-order valence-corrected chi connectivity index (χ2v) is 5.15. The molecule has 7 heteroatoms. The summed E-state index contributed by atoms with van der Waals surface area (Å²) in [5.41, 5.74) is 0. The van der Waals surface area contributed by atoms with Crippen LogP contribution in [-0.4, -0.2) is 47.0 Å². The Balaban J connectivity index is 1.95. The molecule has 0 spiro atoms. The first-order chi connectivity index (χ1) is 9.22. The number of halogens is 1. The van der Waals surface area contributed by atoms with Gasteiger partial charge < -0.3 is 15.5 Å². The Morgan fingerprint density at radius 2 is 1.95 bits per heavy atom. The van der Waals surface area contributed by atoms with Crippen molar-refractivity contribution in [3.8, 4) is 0 Å². The van der Waals surface area contributed by atoms with Gasteiger partial charge in [-0.25, -0.2) is 9.97 Å². The van der Waals surface area contributed by atoms with Gasteiger partial charge in [0, 0.05) is 19.6 Å². The number of aromatic nitrogens is 2. The maximum Gasteiger partial charge on any atom is 0.241 e. The van der Waals surface area contributed by atoms with Crippen LogP contribution in [0.25, 0.3) is 0 Å². The molecule has 0 aromatic carbocycles. The normalized spacial score (nSPS) is 14.5. The van der Waals surface area contributed by atoms with Crippen LogP contribution in [0, 0.1) is 0 Å². The molecule has 1 fully saturated rings. The highest BCUT2D eigenvalue weighted by Crippen LogP contribution is 2.26. The molecule has 0 radical (unpaired) electrons. The van der Waals surface area contributed by atoms with E-state index in [4.69, 9.17) is 0 Å². The lowest BCUT2D eigenvalue weighted by Gasteiger charge is -2.16. The minimum atomic E-state index is 0.119. The lowest BCUT2D eigenvalue weighted by Crippen LogP contribution is -2.33. The SMILES string of the molecule is CCNc1ncnc(NCC(=O)N2CCCC2)c1Br. The molecular formula is C12H18BrN5O. The van der Waals surface area contributed by atoms with E-state index in [0.717, 1.165) is 42.8 Å². The van der Waals surface area contributed by atoms with E-state index in [-0.39, 0.29) is 12.5 Å². The first-order valence-electron chi connectivity index (χ1n) is 6.48. The molecule has 0 atom stereocenters. The van der Waals surface area contributed by atoms with Gasteiger partial charge in [-0.15, -0.1) is 0 Å². The molecule has 1 aromatic rings. The minimum absolute atomic E-state index is 0.119. The molecule has 1 aliphatic rings. The molecular weight excluding hydrogens is 310 g/mol. The van der Waals surface area contributed by atoms with Crippen LogP contribution in [0.2, 0.25) is 0 Å². The van der Waals surface area contributed by atoms with Crippen molar-refractivity contribution in [1.29, 1.82) is 0 Å². The largest absolute Gasteiger partial charge is 0.369 e. The smallest absolute Gasteiger partial charge is 0.241 e. The summed E-state index contributed by atoms with van der Waals surface area (Å²) in [6, 6.07) is 0. The molecule has 1 aliphatic heterocycles. The van der Waals surface area contributed by atoms with Gasteiger partial charge in [0.05, 0.1) is 6.54 Å². The summed E-state index contributed by atoms with van der Waals surface area (Å²) in [5.74, 6) is 1.49. The van der Waals surface area contributed by atoms with Gasteiger partial charge in [-0.05, 0) is 35.7 Å². The van der Waals surface area contributed by atoms with Gasteiger partial charge in [-0.1, -0.05) is 0 Å². The van der Waals surface area contributed by atoms with Crippen LogP contribution >= 0.6 is 15.9 Å². The molecule has 1 amide bonds. The monoisotopic (exact) mass is 327 g/mol. The van der Waals surface area contributed by atoms with Crippen molar-refractivity contribution in [1.82, 2.24) is 14.9 Å². The van der Waals surface area contributed by atoms with Crippen molar-refractivity contribution < 1.29 is 4.79 Å². The number of hydrogen-bond acceptors (Lipinski definition) is 5. The van der Waals surface area contributed by atoms with Crippen LogP contribution in [0.1, 0.15) is 19.8 Å². The fraction of sp³-hybridized carbons (Fsp3) is 0.583. The fourth-order valence-electron chi connectivity index (χ4n) is 2.02. The lowest BCUT2D eigenvalue weighted by atomic mass is 10.4. The number of amides is 1. The summed E-state index contributed by atoms with van der Waals surface area (Å²) in [7, 11) is 0. The van der Waals surface area contributed by atoms with Gasteiger partial charge in [0.1, 0.15) is 22.4 Å². The predicted molar refractivity (Wildman–Crippen MR) is 78.2 cm³/mol. The summed E-state index contributed by atoms with van der Waals surface area (Å²) in [5, 5.41) is 6.18. The van der Waals surface area contributed by atoms with Gasteiger partial charge in [0.25, 0.3) is 0 Å². The van der Waals surface area contributed by atoms with Gasteiger partial charge >= 0.3 is 0 Å². The maximum absolute atomic E-state index is 11.9. The van der Waals surface area contributed by atoms with Crippen LogP contribution in [0.5, 0.6) is 0 Å². The maximum atomic E-state index is 11.9. The number of rotatable bonds is 5. The molecule has 104 valence electrons. The fourth-order valence-corrected chi connectivity index (χ4v) is 2.51. The number of hydrogen-bond donors (Lipinski definition) is 2. The lowest BCUT2D eigenvalue weighted by molar-refractivity contribution is -0.128. The van der Waals surface area contributed by atoms with E-state index in [1.807, 2.05) is 11.8 Å². The molecule has 6 nitrogen and oxygen atoms in total. The van der Waals surface area contributed by atoms with E-state index in [2.05, 4.69) is 36.5 Å². The van der Waals surface area contributed by atoms with Crippen LogP contribution in [0.3, 0.4) is 0 Å². The summed E-state index contributed by atoms with van der Waals surface area (Å²) in [6.07, 6.45) is 3.69. The minimum Gasteiger partial charge on any atom is -0.369 e. The average Bonchev–Trinajstić information content (AvgIpc) is 2.94. The molecule has 0 aliphatic carbocycles. The quantitative estimate of drug-likeness (QED) is 0.861. The van der Waals surface area contributed by atoms with Gasteiger partial charge in [0.2, 0.25) is 5.91 Å². The Kier molecular flexibility index (Phi) is 4.95. The molecule has 0 bridgehead atoms. The molecule has 19 heavy (non-hydrogen) atoms.